The second-order valence-corrected chi connectivity index (χ2v) is 5.25. The highest BCUT2D eigenvalue weighted by atomic mass is 19.1. The number of anilines is 2. The van der Waals surface area contributed by atoms with Gasteiger partial charge in [-0.1, -0.05) is 18.2 Å². The fourth-order valence-corrected chi connectivity index (χ4v) is 2.33. The quantitative estimate of drug-likeness (QED) is 0.912. The zero-order valence-electron chi connectivity index (χ0n) is 11.6. The maximum absolute atomic E-state index is 12.8. The molecule has 0 saturated heterocycles. The molecule has 1 fully saturated rings. The third-order valence-corrected chi connectivity index (χ3v) is 3.52. The van der Waals surface area contributed by atoms with Gasteiger partial charge in [0.1, 0.15) is 5.82 Å². The summed E-state index contributed by atoms with van der Waals surface area (Å²) < 4.78 is 12.8. The lowest BCUT2D eigenvalue weighted by atomic mass is 10.2. The van der Waals surface area contributed by atoms with Crippen molar-refractivity contribution in [2.45, 2.75) is 18.9 Å². The van der Waals surface area contributed by atoms with Crippen molar-refractivity contribution in [1.82, 2.24) is 0 Å². The Hall–Kier alpha value is -2.36. The molecule has 4 heteroatoms. The SMILES string of the molecule is O=C(CN(c1ccccc1)C1CC1)Nc1ccc(F)cc1. The number of carbonyl (C=O) groups is 1. The van der Waals surface area contributed by atoms with E-state index in [0.29, 0.717) is 18.3 Å². The maximum Gasteiger partial charge on any atom is 0.243 e. The first kappa shape index (κ1) is 13.6. The minimum absolute atomic E-state index is 0.0858. The van der Waals surface area contributed by atoms with E-state index in [2.05, 4.69) is 10.2 Å². The molecule has 1 aliphatic carbocycles. The molecular weight excluding hydrogens is 267 g/mol. The van der Waals surface area contributed by atoms with E-state index in [0.717, 1.165) is 18.5 Å². The summed E-state index contributed by atoms with van der Waals surface area (Å²) in [6.07, 6.45) is 2.25. The van der Waals surface area contributed by atoms with E-state index in [-0.39, 0.29) is 11.7 Å². The molecule has 0 atom stereocenters. The third-order valence-electron chi connectivity index (χ3n) is 3.52. The lowest BCUT2D eigenvalue weighted by molar-refractivity contribution is -0.115. The highest BCUT2D eigenvalue weighted by Crippen LogP contribution is 2.31. The monoisotopic (exact) mass is 284 g/mol. The first-order valence-electron chi connectivity index (χ1n) is 7.09. The van der Waals surface area contributed by atoms with Gasteiger partial charge >= 0.3 is 0 Å². The normalized spacial score (nSPS) is 13.8. The molecule has 0 spiro atoms. The Balaban J connectivity index is 1.66. The van der Waals surface area contributed by atoms with Gasteiger partial charge in [-0.05, 0) is 49.2 Å². The van der Waals surface area contributed by atoms with Crippen LogP contribution in [-0.2, 0) is 4.79 Å². The van der Waals surface area contributed by atoms with E-state index in [9.17, 15) is 9.18 Å². The zero-order chi connectivity index (χ0) is 14.7. The third kappa shape index (κ3) is 3.60. The lowest BCUT2D eigenvalue weighted by Crippen LogP contribution is -2.34. The van der Waals surface area contributed by atoms with Gasteiger partial charge in [0.25, 0.3) is 0 Å². The standard InChI is InChI=1S/C17H17FN2O/c18-13-6-8-14(9-7-13)19-17(21)12-20(16-10-11-16)15-4-2-1-3-5-15/h1-9,16H,10-12H2,(H,19,21). The molecule has 2 aromatic rings. The van der Waals surface area contributed by atoms with Gasteiger partial charge in [-0.25, -0.2) is 4.39 Å². The molecule has 1 saturated carbocycles. The highest BCUT2D eigenvalue weighted by Gasteiger charge is 2.30. The number of hydrogen-bond acceptors (Lipinski definition) is 2. The van der Waals surface area contributed by atoms with Crippen LogP contribution >= 0.6 is 0 Å². The van der Waals surface area contributed by atoms with Crippen molar-refractivity contribution in [2.24, 2.45) is 0 Å². The van der Waals surface area contributed by atoms with E-state index < -0.39 is 0 Å². The Morgan fingerprint density at radius 3 is 2.38 bits per heavy atom. The van der Waals surface area contributed by atoms with Crippen LogP contribution in [0.2, 0.25) is 0 Å². The largest absolute Gasteiger partial charge is 0.359 e. The van der Waals surface area contributed by atoms with Crippen molar-refractivity contribution in [2.75, 3.05) is 16.8 Å². The first-order chi connectivity index (χ1) is 10.2. The second kappa shape index (κ2) is 5.95. The predicted octanol–water partition coefficient (Wildman–Crippen LogP) is 3.43. The average molecular weight is 284 g/mol. The molecule has 108 valence electrons. The summed E-state index contributed by atoms with van der Waals surface area (Å²) in [7, 11) is 0. The van der Waals surface area contributed by atoms with Gasteiger partial charge in [-0.3, -0.25) is 4.79 Å². The molecule has 0 unspecified atom stereocenters. The lowest BCUT2D eigenvalue weighted by Gasteiger charge is -2.24. The van der Waals surface area contributed by atoms with Crippen LogP contribution in [0.25, 0.3) is 0 Å². The number of carbonyl (C=O) groups excluding carboxylic acids is 1. The van der Waals surface area contributed by atoms with E-state index >= 15 is 0 Å². The van der Waals surface area contributed by atoms with Crippen molar-refractivity contribution < 1.29 is 9.18 Å². The van der Waals surface area contributed by atoms with Crippen LogP contribution in [0.3, 0.4) is 0 Å². The number of amides is 1. The van der Waals surface area contributed by atoms with Gasteiger partial charge in [0.05, 0.1) is 6.54 Å². The number of hydrogen-bond donors (Lipinski definition) is 1. The Morgan fingerprint density at radius 1 is 1.10 bits per heavy atom. The molecule has 2 aromatic carbocycles. The molecule has 1 N–H and O–H groups in total. The molecular formula is C17H17FN2O. The molecule has 0 bridgehead atoms. The number of benzene rings is 2. The summed E-state index contributed by atoms with van der Waals surface area (Å²) >= 11 is 0. The topological polar surface area (TPSA) is 32.3 Å². The Morgan fingerprint density at radius 2 is 1.76 bits per heavy atom. The fourth-order valence-electron chi connectivity index (χ4n) is 2.33. The Kier molecular flexibility index (Phi) is 3.86. The van der Waals surface area contributed by atoms with E-state index in [1.165, 1.54) is 12.1 Å². The zero-order valence-corrected chi connectivity index (χ0v) is 11.6. The number of halogens is 1. The van der Waals surface area contributed by atoms with Crippen LogP contribution in [0.4, 0.5) is 15.8 Å². The van der Waals surface area contributed by atoms with Gasteiger partial charge in [0.2, 0.25) is 5.91 Å². The first-order valence-corrected chi connectivity index (χ1v) is 7.09. The molecule has 1 aliphatic rings. The summed E-state index contributed by atoms with van der Waals surface area (Å²) in [6, 6.07) is 16.2. The highest BCUT2D eigenvalue weighted by molar-refractivity contribution is 5.94. The van der Waals surface area contributed by atoms with Gasteiger partial charge in [0, 0.05) is 17.4 Å². The summed E-state index contributed by atoms with van der Waals surface area (Å²) in [5.41, 5.74) is 1.68. The Bertz CT molecular complexity index is 608. The van der Waals surface area contributed by atoms with Gasteiger partial charge in [-0.15, -0.1) is 0 Å². The molecule has 21 heavy (non-hydrogen) atoms. The maximum atomic E-state index is 12.8. The van der Waals surface area contributed by atoms with Crippen LogP contribution in [0.15, 0.2) is 54.6 Å². The number of nitrogens with one attached hydrogen (secondary N) is 1. The summed E-state index contributed by atoms with van der Waals surface area (Å²) in [4.78, 5) is 14.3. The number of nitrogens with zero attached hydrogens (tertiary/aromatic N) is 1. The van der Waals surface area contributed by atoms with Crippen LogP contribution < -0.4 is 10.2 Å². The Labute approximate surface area is 123 Å². The van der Waals surface area contributed by atoms with Crippen molar-refractivity contribution in [3.05, 3.63) is 60.4 Å². The second-order valence-electron chi connectivity index (χ2n) is 5.25. The van der Waals surface area contributed by atoms with E-state index in [1.54, 1.807) is 12.1 Å². The molecule has 0 aliphatic heterocycles. The fraction of sp³-hybridized carbons (Fsp3) is 0.235. The van der Waals surface area contributed by atoms with Crippen molar-refractivity contribution >= 4 is 17.3 Å². The smallest absolute Gasteiger partial charge is 0.243 e. The summed E-state index contributed by atoms with van der Waals surface area (Å²) in [5.74, 6) is -0.394. The number of rotatable bonds is 5. The van der Waals surface area contributed by atoms with E-state index in [1.807, 2.05) is 30.3 Å². The molecule has 3 rings (SSSR count). The molecule has 1 amide bonds. The van der Waals surface area contributed by atoms with Crippen LogP contribution in [0.5, 0.6) is 0 Å². The van der Waals surface area contributed by atoms with Crippen LogP contribution in [0.1, 0.15) is 12.8 Å². The molecule has 0 radical (unpaired) electrons. The van der Waals surface area contributed by atoms with Crippen molar-refractivity contribution in [3.63, 3.8) is 0 Å². The minimum Gasteiger partial charge on any atom is -0.359 e. The molecule has 3 nitrogen and oxygen atoms in total. The van der Waals surface area contributed by atoms with Crippen molar-refractivity contribution in [1.29, 1.82) is 0 Å². The minimum atomic E-state index is -0.308. The van der Waals surface area contributed by atoms with Gasteiger partial charge < -0.3 is 10.2 Å². The number of para-hydroxylation sites is 1. The van der Waals surface area contributed by atoms with E-state index in [4.69, 9.17) is 0 Å². The van der Waals surface area contributed by atoms with Crippen molar-refractivity contribution in [3.8, 4) is 0 Å². The summed E-state index contributed by atoms with van der Waals surface area (Å²) in [6.45, 7) is 0.312. The van der Waals surface area contributed by atoms with Gasteiger partial charge in [0.15, 0.2) is 0 Å². The average Bonchev–Trinajstić information content (AvgIpc) is 3.33. The summed E-state index contributed by atoms with van der Waals surface area (Å²) in [5, 5.41) is 2.80. The van der Waals surface area contributed by atoms with Crippen LogP contribution in [-0.4, -0.2) is 18.5 Å². The molecule has 0 aromatic heterocycles. The predicted molar refractivity (Wildman–Crippen MR) is 81.8 cm³/mol. The van der Waals surface area contributed by atoms with Crippen LogP contribution in [0, 0.1) is 5.82 Å². The van der Waals surface area contributed by atoms with Gasteiger partial charge in [-0.2, -0.15) is 0 Å². The molecule has 0 heterocycles.